The maximum atomic E-state index is 13.6. The average Bonchev–Trinajstić information content (AvgIpc) is 3.70. The Morgan fingerprint density at radius 3 is 2.67 bits per heavy atom. The zero-order valence-corrected chi connectivity index (χ0v) is 25.6. The van der Waals surface area contributed by atoms with Gasteiger partial charge < -0.3 is 19.0 Å². The van der Waals surface area contributed by atoms with E-state index < -0.39 is 17.9 Å². The lowest BCUT2D eigenvalue weighted by atomic mass is 9.97. The molecule has 0 bridgehead atoms. The molecule has 0 spiro atoms. The highest BCUT2D eigenvalue weighted by atomic mass is 79.9. The number of rotatable bonds is 11. The van der Waals surface area contributed by atoms with Crippen molar-refractivity contribution >= 4 is 39.4 Å². The molecule has 0 saturated carbocycles. The molecule has 2 aliphatic rings. The molecular formula is C29H29BrClN7O4. The van der Waals surface area contributed by atoms with Gasteiger partial charge in [0.25, 0.3) is 5.91 Å². The summed E-state index contributed by atoms with van der Waals surface area (Å²) in [6.45, 7) is 5.84. The minimum absolute atomic E-state index is 0.0641. The largest absolute Gasteiger partial charge is 0.472 e. The summed E-state index contributed by atoms with van der Waals surface area (Å²) in [6.07, 6.45) is 5.69. The first-order chi connectivity index (χ1) is 20.3. The van der Waals surface area contributed by atoms with Crippen LogP contribution in [0.15, 0.2) is 51.7 Å². The molecule has 0 saturated heterocycles. The predicted molar refractivity (Wildman–Crippen MR) is 160 cm³/mol. The fourth-order valence-corrected chi connectivity index (χ4v) is 6.00. The first-order valence-electron chi connectivity index (χ1n) is 13.6. The number of esters is 1. The predicted octanol–water partition coefficient (Wildman–Crippen LogP) is 5.92. The molecule has 13 heteroatoms. The number of nitrogens with one attached hydrogen (secondary N) is 2. The van der Waals surface area contributed by atoms with Gasteiger partial charge in [0.15, 0.2) is 11.0 Å². The molecule has 5 rings (SSSR count). The number of imidazole rings is 1. The quantitative estimate of drug-likeness (QED) is 0.167. The van der Waals surface area contributed by atoms with Gasteiger partial charge in [0.1, 0.15) is 17.6 Å². The van der Waals surface area contributed by atoms with Crippen molar-refractivity contribution in [1.29, 1.82) is 0 Å². The lowest BCUT2D eigenvalue weighted by Crippen LogP contribution is -2.40. The third kappa shape index (κ3) is 5.68. The molecule has 1 atom stereocenters. The van der Waals surface area contributed by atoms with Gasteiger partial charge in [-0.05, 0) is 69.4 Å². The Labute approximate surface area is 255 Å². The summed E-state index contributed by atoms with van der Waals surface area (Å²) in [5, 5.41) is 17.3. The van der Waals surface area contributed by atoms with Gasteiger partial charge >= 0.3 is 5.97 Å². The summed E-state index contributed by atoms with van der Waals surface area (Å²) in [5.74, 6) is 0.131. The Balaban J connectivity index is 1.67. The topological polar surface area (TPSA) is 141 Å². The minimum Gasteiger partial charge on any atom is -0.472 e. The normalized spacial score (nSPS) is 12.0. The van der Waals surface area contributed by atoms with Crippen molar-refractivity contribution in [2.45, 2.75) is 52.6 Å². The van der Waals surface area contributed by atoms with Crippen LogP contribution in [-0.4, -0.2) is 54.7 Å². The number of aryl methyl sites for hydroxylation is 1. The van der Waals surface area contributed by atoms with Crippen LogP contribution >= 0.6 is 27.5 Å². The van der Waals surface area contributed by atoms with Gasteiger partial charge in [0.05, 0.1) is 25.7 Å². The zero-order chi connectivity index (χ0) is 29.8. The van der Waals surface area contributed by atoms with E-state index in [0.29, 0.717) is 18.1 Å². The maximum absolute atomic E-state index is 13.6. The number of tetrazole rings is 1. The number of aromatic amines is 1. The highest BCUT2D eigenvalue weighted by Gasteiger charge is 2.30. The molecule has 0 unspecified atom stereocenters. The molecule has 0 radical (unpaired) electrons. The molecule has 1 aliphatic heterocycles. The smallest absolute Gasteiger partial charge is 0.328 e. The van der Waals surface area contributed by atoms with E-state index in [4.69, 9.17) is 20.8 Å². The Kier molecular flexibility index (Phi) is 9.03. The lowest BCUT2D eigenvalue weighted by Gasteiger charge is -2.17. The number of fused-ring (bicyclic) bond motifs is 1. The number of hydrogen-bond acceptors (Lipinski definition) is 8. The Hall–Kier alpha value is -4.03. The summed E-state index contributed by atoms with van der Waals surface area (Å²) >= 11 is 10.5. The van der Waals surface area contributed by atoms with E-state index in [0.717, 1.165) is 50.7 Å². The van der Waals surface area contributed by atoms with Crippen molar-refractivity contribution in [3.05, 3.63) is 69.6 Å². The van der Waals surface area contributed by atoms with Crippen molar-refractivity contribution in [3.8, 4) is 33.6 Å². The highest BCUT2D eigenvalue weighted by Crippen LogP contribution is 2.48. The number of halogens is 2. The van der Waals surface area contributed by atoms with Crippen LogP contribution in [0.4, 0.5) is 0 Å². The van der Waals surface area contributed by atoms with Gasteiger partial charge in [-0.25, -0.2) is 14.9 Å². The van der Waals surface area contributed by atoms with E-state index in [2.05, 4.69) is 53.8 Å². The monoisotopic (exact) mass is 653 g/mol. The Morgan fingerprint density at radius 2 is 1.95 bits per heavy atom. The number of carbonyl (C=O) groups is 2. The van der Waals surface area contributed by atoms with Crippen molar-refractivity contribution in [2.75, 3.05) is 6.61 Å². The number of carbonyl (C=O) groups excluding carboxylic acids is 2. The zero-order valence-electron chi connectivity index (χ0n) is 23.3. The van der Waals surface area contributed by atoms with E-state index in [9.17, 15) is 9.59 Å². The van der Waals surface area contributed by atoms with Crippen LogP contribution < -0.4 is 5.32 Å². The Bertz CT molecular complexity index is 1680. The maximum Gasteiger partial charge on any atom is 0.328 e. The molecule has 2 aromatic heterocycles. The number of ether oxygens (including phenoxy) is 1. The van der Waals surface area contributed by atoms with Crippen LogP contribution in [0.2, 0.25) is 5.15 Å². The fraction of sp³-hybridized carbons (Fsp3) is 0.310. The van der Waals surface area contributed by atoms with Crippen LogP contribution in [0.25, 0.3) is 33.6 Å². The molecule has 2 N–H and O–H groups in total. The second kappa shape index (κ2) is 12.9. The molecule has 1 amide bonds. The molecule has 218 valence electrons. The number of H-pyrrole nitrogens is 1. The van der Waals surface area contributed by atoms with Gasteiger partial charge in [-0.15, -0.1) is 5.10 Å². The van der Waals surface area contributed by atoms with E-state index in [1.165, 1.54) is 0 Å². The SMILES string of the molecule is CCCCc1nc(Cl)c(C(=O)N[C@@H](C)C(=O)OCC)n1Cc1c2ccocc-2c(Br)c1-c1ccccc1-c1nnn[nH]1. The van der Waals surface area contributed by atoms with E-state index in [-0.39, 0.29) is 24.0 Å². The number of aromatic nitrogens is 6. The van der Waals surface area contributed by atoms with Crippen molar-refractivity contribution in [2.24, 2.45) is 0 Å². The third-order valence-corrected chi connectivity index (χ3v) is 8.03. The molecule has 1 aliphatic carbocycles. The molecule has 1 aromatic carbocycles. The van der Waals surface area contributed by atoms with Gasteiger partial charge in [0, 0.05) is 27.6 Å². The first kappa shape index (κ1) is 29.5. The number of nitrogens with zero attached hydrogens (tertiary/aromatic N) is 5. The Morgan fingerprint density at radius 1 is 1.17 bits per heavy atom. The van der Waals surface area contributed by atoms with Crippen molar-refractivity contribution in [3.63, 3.8) is 0 Å². The summed E-state index contributed by atoms with van der Waals surface area (Å²) in [5.41, 5.74) is 5.42. The summed E-state index contributed by atoms with van der Waals surface area (Å²) in [7, 11) is 0. The summed E-state index contributed by atoms with van der Waals surface area (Å²) < 4.78 is 13.3. The molecule has 3 aromatic rings. The number of benzene rings is 1. The van der Waals surface area contributed by atoms with E-state index in [1.54, 1.807) is 26.4 Å². The molecule has 3 heterocycles. The summed E-state index contributed by atoms with van der Waals surface area (Å²) in [4.78, 5) is 30.5. The van der Waals surface area contributed by atoms with Crippen LogP contribution in [0.3, 0.4) is 0 Å². The summed E-state index contributed by atoms with van der Waals surface area (Å²) in [6, 6.07) is 8.81. The molecule has 11 nitrogen and oxygen atoms in total. The fourth-order valence-electron chi connectivity index (χ4n) is 4.96. The highest BCUT2D eigenvalue weighted by molar-refractivity contribution is 9.10. The van der Waals surface area contributed by atoms with Crippen LogP contribution in [-0.2, 0) is 22.5 Å². The third-order valence-electron chi connectivity index (χ3n) is 6.95. The van der Waals surface area contributed by atoms with E-state index in [1.807, 2.05) is 34.9 Å². The van der Waals surface area contributed by atoms with Crippen LogP contribution in [0.1, 0.15) is 55.5 Å². The molecular weight excluding hydrogens is 626 g/mol. The molecule has 0 fully saturated rings. The number of amides is 1. The second-order valence-corrected chi connectivity index (χ2v) is 10.8. The van der Waals surface area contributed by atoms with Crippen molar-refractivity contribution in [1.82, 2.24) is 35.5 Å². The van der Waals surface area contributed by atoms with Gasteiger partial charge in [-0.2, -0.15) is 0 Å². The minimum atomic E-state index is -0.871. The second-order valence-electron chi connectivity index (χ2n) is 9.65. The first-order valence-corrected chi connectivity index (χ1v) is 14.7. The van der Waals surface area contributed by atoms with Gasteiger partial charge in [-0.1, -0.05) is 49.2 Å². The standard InChI is InChI=1S/C29H29BrClN7O4/c1-4-6-11-22-33-26(31)25(28(39)32-16(3)29(40)42-5-2)38(22)14-20-17-12-13-41-15-21(17)24(30)23(20)18-9-7-8-10-19(18)27-34-36-37-35-27/h7-10,12-13,15-16H,4-6,11,14H2,1-3H3,(H,32,39)(H,34,35,36,37)/t16-/m0/s1. The van der Waals surface area contributed by atoms with Crippen LogP contribution in [0, 0.1) is 0 Å². The molecule has 42 heavy (non-hydrogen) atoms. The van der Waals surface area contributed by atoms with E-state index >= 15 is 0 Å². The number of unbranched alkanes of at least 4 members (excludes halogenated alkanes) is 1. The van der Waals surface area contributed by atoms with Gasteiger partial charge in [-0.3, -0.25) is 4.79 Å². The van der Waals surface area contributed by atoms with Crippen LogP contribution in [0.5, 0.6) is 0 Å². The average molecular weight is 655 g/mol. The van der Waals surface area contributed by atoms with Gasteiger partial charge in [0.2, 0.25) is 0 Å². The van der Waals surface area contributed by atoms with Crippen molar-refractivity contribution < 1.29 is 18.7 Å². The lowest BCUT2D eigenvalue weighted by molar-refractivity contribution is -0.144. The number of hydrogen-bond donors (Lipinski definition) is 2.